The van der Waals surface area contributed by atoms with E-state index in [-0.39, 0.29) is 28.4 Å². The highest BCUT2D eigenvalue weighted by molar-refractivity contribution is 6.33. The molecule has 1 unspecified atom stereocenters. The van der Waals surface area contributed by atoms with Gasteiger partial charge in [0, 0.05) is 31.7 Å². The number of hydrogen-bond donors (Lipinski definition) is 3. The zero-order chi connectivity index (χ0) is 20.0. The number of urea groups is 1. The normalized spacial score (nSPS) is 16.9. The minimum atomic E-state index is -1.11. The fourth-order valence-corrected chi connectivity index (χ4v) is 3.32. The second-order valence-electron chi connectivity index (χ2n) is 7.29. The molecule has 2 rings (SSSR count). The summed E-state index contributed by atoms with van der Waals surface area (Å²) in [5.74, 6) is -0.809. The van der Waals surface area contributed by atoms with Crippen molar-refractivity contribution in [2.45, 2.75) is 33.1 Å². The van der Waals surface area contributed by atoms with Crippen molar-refractivity contribution >= 4 is 35.2 Å². The Labute approximate surface area is 164 Å². The van der Waals surface area contributed by atoms with E-state index < -0.39 is 5.97 Å². The molecular weight excluding hydrogens is 370 g/mol. The number of hydrogen-bond acceptors (Lipinski definition) is 3. The summed E-state index contributed by atoms with van der Waals surface area (Å²) >= 11 is 5.92. The molecule has 0 aliphatic carbocycles. The Balaban J connectivity index is 1.87. The van der Waals surface area contributed by atoms with Gasteiger partial charge in [0.05, 0.1) is 10.6 Å². The van der Waals surface area contributed by atoms with Crippen molar-refractivity contribution < 1.29 is 19.5 Å². The minimum absolute atomic E-state index is 0.00926. The van der Waals surface area contributed by atoms with E-state index >= 15 is 0 Å². The van der Waals surface area contributed by atoms with E-state index in [1.54, 1.807) is 4.90 Å². The van der Waals surface area contributed by atoms with Gasteiger partial charge in [-0.2, -0.15) is 0 Å². The van der Waals surface area contributed by atoms with Gasteiger partial charge in [-0.25, -0.2) is 9.59 Å². The molecule has 1 aromatic rings. The number of nitrogens with one attached hydrogen (secondary N) is 2. The van der Waals surface area contributed by atoms with Crippen LogP contribution in [0.1, 0.15) is 43.5 Å². The first-order valence-electron chi connectivity index (χ1n) is 9.11. The third kappa shape index (κ3) is 6.43. The van der Waals surface area contributed by atoms with Gasteiger partial charge in [0.1, 0.15) is 0 Å². The molecule has 1 heterocycles. The van der Waals surface area contributed by atoms with Crippen LogP contribution in [-0.2, 0) is 4.79 Å². The van der Waals surface area contributed by atoms with Crippen LogP contribution >= 0.6 is 11.6 Å². The third-order valence-corrected chi connectivity index (χ3v) is 4.74. The lowest BCUT2D eigenvalue weighted by atomic mass is 9.94. The van der Waals surface area contributed by atoms with Gasteiger partial charge in [-0.1, -0.05) is 25.4 Å². The summed E-state index contributed by atoms with van der Waals surface area (Å²) in [4.78, 5) is 37.3. The summed E-state index contributed by atoms with van der Waals surface area (Å²) < 4.78 is 0. The van der Waals surface area contributed by atoms with Gasteiger partial charge in [0.2, 0.25) is 5.91 Å². The maximum atomic E-state index is 12.3. The predicted molar refractivity (Wildman–Crippen MR) is 104 cm³/mol. The molecule has 7 nitrogen and oxygen atoms in total. The number of anilines is 1. The fourth-order valence-electron chi connectivity index (χ4n) is 3.06. The Morgan fingerprint density at radius 2 is 2.07 bits per heavy atom. The van der Waals surface area contributed by atoms with Gasteiger partial charge in [-0.05, 0) is 42.9 Å². The fraction of sp³-hybridized carbons (Fsp3) is 0.526. The topological polar surface area (TPSA) is 98.7 Å². The Bertz CT molecular complexity index is 708. The zero-order valence-electron chi connectivity index (χ0n) is 15.6. The van der Waals surface area contributed by atoms with Crippen LogP contribution in [0.25, 0.3) is 0 Å². The molecule has 3 amide bonds. The smallest absolute Gasteiger partial charge is 0.337 e. The van der Waals surface area contributed by atoms with E-state index in [0.29, 0.717) is 37.7 Å². The quantitative estimate of drug-likeness (QED) is 0.687. The molecule has 0 bridgehead atoms. The lowest BCUT2D eigenvalue weighted by Gasteiger charge is -2.32. The van der Waals surface area contributed by atoms with Crippen molar-refractivity contribution in [3.8, 4) is 0 Å². The zero-order valence-corrected chi connectivity index (χ0v) is 16.4. The first-order chi connectivity index (χ1) is 12.8. The number of carbonyl (C=O) groups is 3. The average molecular weight is 396 g/mol. The number of rotatable bonds is 6. The predicted octanol–water partition coefficient (Wildman–Crippen LogP) is 3.44. The molecule has 1 saturated heterocycles. The highest BCUT2D eigenvalue weighted by Gasteiger charge is 2.25. The van der Waals surface area contributed by atoms with E-state index in [1.165, 1.54) is 18.2 Å². The number of benzene rings is 1. The van der Waals surface area contributed by atoms with Crippen molar-refractivity contribution in [3.05, 3.63) is 28.8 Å². The van der Waals surface area contributed by atoms with Crippen molar-refractivity contribution in [1.82, 2.24) is 10.2 Å². The maximum absolute atomic E-state index is 12.3. The Kier molecular flexibility index (Phi) is 7.47. The summed E-state index contributed by atoms with van der Waals surface area (Å²) in [5, 5.41) is 14.7. The number of aromatic carboxylic acids is 1. The molecule has 0 spiro atoms. The van der Waals surface area contributed by atoms with Crippen LogP contribution in [0.4, 0.5) is 10.5 Å². The molecular formula is C19H26ClN3O4. The van der Waals surface area contributed by atoms with E-state index in [1.807, 2.05) is 13.8 Å². The van der Waals surface area contributed by atoms with Gasteiger partial charge in [0.15, 0.2) is 0 Å². The van der Waals surface area contributed by atoms with Gasteiger partial charge >= 0.3 is 12.0 Å². The number of halogens is 1. The largest absolute Gasteiger partial charge is 0.478 e. The molecule has 1 aromatic carbocycles. The van der Waals surface area contributed by atoms with Crippen LogP contribution in [0.5, 0.6) is 0 Å². The number of piperidine rings is 1. The van der Waals surface area contributed by atoms with Crippen molar-refractivity contribution in [2.24, 2.45) is 11.8 Å². The second-order valence-corrected chi connectivity index (χ2v) is 7.69. The summed E-state index contributed by atoms with van der Waals surface area (Å²) in [6.07, 6.45) is 2.05. The summed E-state index contributed by atoms with van der Waals surface area (Å²) in [6.45, 7) is 5.97. The number of carbonyl (C=O) groups excluding carboxylic acids is 2. The first kappa shape index (κ1) is 21.0. The third-order valence-electron chi connectivity index (χ3n) is 4.43. The molecule has 8 heteroatoms. The molecule has 0 saturated carbocycles. The SMILES string of the molecule is CC(C)CNC(=O)N1CCCC(CC(=O)Nc2ccc(C(=O)O)c(Cl)c2)C1. The molecule has 1 atom stereocenters. The van der Waals surface area contributed by atoms with Gasteiger partial charge in [0.25, 0.3) is 0 Å². The number of nitrogens with zero attached hydrogens (tertiary/aromatic N) is 1. The van der Waals surface area contributed by atoms with Crippen LogP contribution in [0.2, 0.25) is 5.02 Å². The Morgan fingerprint density at radius 1 is 1.33 bits per heavy atom. The monoisotopic (exact) mass is 395 g/mol. The highest BCUT2D eigenvalue weighted by Crippen LogP contribution is 2.23. The van der Waals surface area contributed by atoms with Gasteiger partial charge < -0.3 is 20.6 Å². The van der Waals surface area contributed by atoms with E-state index in [4.69, 9.17) is 16.7 Å². The molecule has 148 valence electrons. The molecule has 3 N–H and O–H groups in total. The molecule has 1 aliphatic heterocycles. The summed E-state index contributed by atoms with van der Waals surface area (Å²) in [6, 6.07) is 4.22. The van der Waals surface area contributed by atoms with Gasteiger partial charge in [-0.15, -0.1) is 0 Å². The highest BCUT2D eigenvalue weighted by atomic mass is 35.5. The van der Waals surface area contributed by atoms with Crippen molar-refractivity contribution in [2.75, 3.05) is 25.0 Å². The standard InChI is InChI=1S/C19H26ClN3O4/c1-12(2)10-21-19(27)23-7-3-4-13(11-23)8-17(24)22-14-5-6-15(18(25)26)16(20)9-14/h5-6,9,12-13H,3-4,7-8,10-11H2,1-2H3,(H,21,27)(H,22,24)(H,25,26). The lowest BCUT2D eigenvalue weighted by Crippen LogP contribution is -2.46. The summed E-state index contributed by atoms with van der Waals surface area (Å²) in [5.41, 5.74) is 0.447. The summed E-state index contributed by atoms with van der Waals surface area (Å²) in [7, 11) is 0. The van der Waals surface area contributed by atoms with Crippen LogP contribution in [0.3, 0.4) is 0 Å². The van der Waals surface area contributed by atoms with Crippen LogP contribution < -0.4 is 10.6 Å². The molecule has 27 heavy (non-hydrogen) atoms. The lowest BCUT2D eigenvalue weighted by molar-refractivity contribution is -0.117. The maximum Gasteiger partial charge on any atom is 0.337 e. The van der Waals surface area contributed by atoms with Crippen molar-refractivity contribution in [3.63, 3.8) is 0 Å². The first-order valence-corrected chi connectivity index (χ1v) is 9.49. The molecule has 1 aliphatic rings. The van der Waals surface area contributed by atoms with Crippen LogP contribution in [0, 0.1) is 11.8 Å². The second kappa shape index (κ2) is 9.60. The van der Waals surface area contributed by atoms with E-state index in [2.05, 4.69) is 10.6 Å². The average Bonchev–Trinajstić information content (AvgIpc) is 2.59. The van der Waals surface area contributed by atoms with Crippen LogP contribution in [0.15, 0.2) is 18.2 Å². The number of amides is 3. The van der Waals surface area contributed by atoms with Gasteiger partial charge in [-0.3, -0.25) is 4.79 Å². The molecule has 0 radical (unpaired) electrons. The molecule has 0 aromatic heterocycles. The Hall–Kier alpha value is -2.28. The Morgan fingerprint density at radius 3 is 2.70 bits per heavy atom. The number of likely N-dealkylation sites (tertiary alicyclic amines) is 1. The number of carboxylic acids is 1. The number of carboxylic acid groups (broad SMARTS) is 1. The van der Waals surface area contributed by atoms with E-state index in [0.717, 1.165) is 12.8 Å². The van der Waals surface area contributed by atoms with Crippen molar-refractivity contribution in [1.29, 1.82) is 0 Å². The molecule has 1 fully saturated rings. The van der Waals surface area contributed by atoms with Crippen LogP contribution in [-0.4, -0.2) is 47.5 Å². The van der Waals surface area contributed by atoms with E-state index in [9.17, 15) is 14.4 Å². The minimum Gasteiger partial charge on any atom is -0.478 e.